The van der Waals surface area contributed by atoms with Crippen molar-refractivity contribution in [3.63, 3.8) is 0 Å². The van der Waals surface area contributed by atoms with Crippen molar-refractivity contribution >= 4 is 0 Å². The van der Waals surface area contributed by atoms with Crippen LogP contribution in [0.4, 0.5) is 0 Å². The Morgan fingerprint density at radius 3 is 2.17 bits per heavy atom. The maximum atomic E-state index is 10.0. The number of hydrogen-bond acceptors (Lipinski definition) is 10. The molecule has 0 saturated carbocycles. The first-order chi connectivity index (χ1) is 10.8. The summed E-state index contributed by atoms with van der Waals surface area (Å²) in [5, 5.41) is 68.4. The summed E-state index contributed by atoms with van der Waals surface area (Å²) in [6.45, 7) is -0.601. The van der Waals surface area contributed by atoms with E-state index in [4.69, 9.17) is 9.47 Å². The Morgan fingerprint density at radius 2 is 1.61 bits per heavy atom. The van der Waals surface area contributed by atoms with Crippen molar-refractivity contribution in [1.82, 2.24) is 4.90 Å². The Balaban J connectivity index is 2.09. The lowest BCUT2D eigenvalue weighted by atomic mass is 9.92. The van der Waals surface area contributed by atoms with Gasteiger partial charge < -0.3 is 45.2 Å². The molecular weight excluding hydrogens is 314 g/mol. The average Bonchev–Trinajstić information content (AvgIpc) is 2.53. The molecule has 0 aromatic heterocycles. The molecule has 7 N–H and O–H groups in total. The van der Waals surface area contributed by atoms with Crippen molar-refractivity contribution in [2.75, 3.05) is 26.8 Å². The highest BCUT2D eigenvalue weighted by Gasteiger charge is 2.47. The first-order valence-electron chi connectivity index (χ1n) is 7.43. The molecule has 9 atom stereocenters. The third-order valence-corrected chi connectivity index (χ3v) is 4.53. The molecule has 10 nitrogen and oxygen atoms in total. The summed E-state index contributed by atoms with van der Waals surface area (Å²) in [6.07, 6.45) is -10.5. The number of piperidine rings is 1. The first-order valence-corrected chi connectivity index (χ1v) is 7.43. The second kappa shape index (κ2) is 7.66. The molecule has 0 bridgehead atoms. The minimum Gasteiger partial charge on any atom is -0.395 e. The number of nitrogens with zero attached hydrogens (tertiary/aromatic N) is 1. The molecule has 0 unspecified atom stereocenters. The Labute approximate surface area is 133 Å². The lowest BCUT2D eigenvalue weighted by molar-refractivity contribution is -0.294. The molecular formula is C13H25NO9. The fraction of sp³-hybridized carbons (Fsp3) is 1.00. The van der Waals surface area contributed by atoms with Gasteiger partial charge in [-0.2, -0.15) is 0 Å². The molecule has 2 saturated heterocycles. The molecule has 2 rings (SSSR count). The van der Waals surface area contributed by atoms with E-state index in [9.17, 15) is 35.7 Å². The van der Waals surface area contributed by atoms with E-state index in [0.29, 0.717) is 0 Å². The monoisotopic (exact) mass is 339 g/mol. The first kappa shape index (κ1) is 18.9. The van der Waals surface area contributed by atoms with Gasteiger partial charge in [-0.1, -0.05) is 0 Å². The van der Waals surface area contributed by atoms with Crippen molar-refractivity contribution in [3.05, 3.63) is 0 Å². The van der Waals surface area contributed by atoms with Gasteiger partial charge in [0.25, 0.3) is 0 Å². The second-order valence-corrected chi connectivity index (χ2v) is 6.00. The highest BCUT2D eigenvalue weighted by Crippen LogP contribution is 2.25. The van der Waals surface area contributed by atoms with E-state index < -0.39 is 61.7 Å². The maximum Gasteiger partial charge on any atom is 0.186 e. The van der Waals surface area contributed by atoms with Gasteiger partial charge in [0, 0.05) is 20.2 Å². The second-order valence-electron chi connectivity index (χ2n) is 6.00. The summed E-state index contributed by atoms with van der Waals surface area (Å²) in [5.74, 6) is 0. The van der Waals surface area contributed by atoms with E-state index in [0.717, 1.165) is 0 Å². The van der Waals surface area contributed by atoms with E-state index in [1.165, 1.54) is 12.0 Å². The lowest BCUT2D eigenvalue weighted by Gasteiger charge is -2.46. The molecule has 2 fully saturated rings. The third kappa shape index (κ3) is 3.66. The van der Waals surface area contributed by atoms with Gasteiger partial charge in [0.05, 0.1) is 18.8 Å². The SMILES string of the molecule is CO[C@H]1O[C@H](CN2C[C@H](O)[C@@H](O)[C@H](O)[C@H]2CO)[C@@H](O)[C@H](O)[C@H]1O. The Kier molecular flexibility index (Phi) is 6.30. The number of methoxy groups -OCH3 is 1. The van der Waals surface area contributed by atoms with E-state index >= 15 is 0 Å². The van der Waals surface area contributed by atoms with Gasteiger partial charge >= 0.3 is 0 Å². The fourth-order valence-electron chi connectivity index (χ4n) is 3.08. The average molecular weight is 339 g/mol. The van der Waals surface area contributed by atoms with Gasteiger partial charge in [-0.05, 0) is 0 Å². The quantitative estimate of drug-likeness (QED) is 0.264. The number of rotatable bonds is 4. The highest BCUT2D eigenvalue weighted by molar-refractivity contribution is 4.97. The van der Waals surface area contributed by atoms with Gasteiger partial charge in [0.1, 0.15) is 36.6 Å². The molecule has 0 aromatic carbocycles. The number of likely N-dealkylation sites (tertiary alicyclic amines) is 1. The Hall–Kier alpha value is -0.400. The predicted octanol–water partition coefficient (Wildman–Crippen LogP) is -4.80. The van der Waals surface area contributed by atoms with Crippen molar-refractivity contribution < 1.29 is 45.2 Å². The zero-order valence-electron chi connectivity index (χ0n) is 12.7. The van der Waals surface area contributed by atoms with Crippen LogP contribution in [0.1, 0.15) is 0 Å². The smallest absolute Gasteiger partial charge is 0.186 e. The minimum absolute atomic E-state index is 0.0587. The van der Waals surface area contributed by atoms with Crippen molar-refractivity contribution in [2.24, 2.45) is 0 Å². The van der Waals surface area contributed by atoms with Crippen LogP contribution in [0.15, 0.2) is 0 Å². The van der Waals surface area contributed by atoms with Gasteiger partial charge in [-0.3, -0.25) is 4.90 Å². The highest BCUT2D eigenvalue weighted by atomic mass is 16.7. The van der Waals surface area contributed by atoms with Crippen LogP contribution in [-0.4, -0.2) is 123 Å². The fourth-order valence-corrected chi connectivity index (χ4v) is 3.08. The lowest BCUT2D eigenvalue weighted by Crippen LogP contribution is -2.66. The molecule has 0 amide bonds. The summed E-state index contributed by atoms with van der Waals surface area (Å²) >= 11 is 0. The van der Waals surface area contributed by atoms with Crippen LogP contribution in [0.3, 0.4) is 0 Å². The van der Waals surface area contributed by atoms with E-state index in [-0.39, 0.29) is 13.1 Å². The summed E-state index contributed by atoms with van der Waals surface area (Å²) in [7, 11) is 1.27. The van der Waals surface area contributed by atoms with Crippen LogP contribution in [0, 0.1) is 0 Å². The van der Waals surface area contributed by atoms with Gasteiger partial charge in [0.2, 0.25) is 0 Å². The zero-order chi connectivity index (χ0) is 17.3. The summed E-state index contributed by atoms with van der Waals surface area (Å²) in [4.78, 5) is 1.45. The van der Waals surface area contributed by atoms with Gasteiger partial charge in [-0.15, -0.1) is 0 Å². The largest absolute Gasteiger partial charge is 0.395 e. The normalized spacial score (nSPS) is 49.3. The van der Waals surface area contributed by atoms with Crippen LogP contribution in [0.2, 0.25) is 0 Å². The minimum atomic E-state index is -1.49. The third-order valence-electron chi connectivity index (χ3n) is 4.53. The van der Waals surface area contributed by atoms with Crippen molar-refractivity contribution in [3.8, 4) is 0 Å². The summed E-state index contributed by atoms with van der Waals surface area (Å²) in [5.41, 5.74) is 0. The Bertz CT molecular complexity index is 384. The molecule has 0 spiro atoms. The van der Waals surface area contributed by atoms with Gasteiger partial charge in [0.15, 0.2) is 6.29 Å². The van der Waals surface area contributed by atoms with Crippen molar-refractivity contribution in [1.29, 1.82) is 0 Å². The topological polar surface area (TPSA) is 163 Å². The molecule has 0 radical (unpaired) electrons. The number of hydrogen-bond donors (Lipinski definition) is 7. The van der Waals surface area contributed by atoms with Crippen LogP contribution in [0.25, 0.3) is 0 Å². The maximum absolute atomic E-state index is 10.0. The predicted molar refractivity (Wildman–Crippen MR) is 74.2 cm³/mol. The number of aliphatic hydroxyl groups excluding tert-OH is 7. The molecule has 0 aliphatic carbocycles. The van der Waals surface area contributed by atoms with Crippen molar-refractivity contribution in [2.45, 2.75) is 55.1 Å². The summed E-state index contributed by atoms with van der Waals surface area (Å²) in [6, 6.07) is -0.866. The van der Waals surface area contributed by atoms with E-state index in [2.05, 4.69) is 0 Å². The van der Waals surface area contributed by atoms with Crippen LogP contribution in [0.5, 0.6) is 0 Å². The van der Waals surface area contributed by atoms with Crippen LogP contribution < -0.4 is 0 Å². The molecule has 2 aliphatic rings. The zero-order valence-corrected chi connectivity index (χ0v) is 12.7. The summed E-state index contributed by atoms with van der Waals surface area (Å²) < 4.78 is 10.3. The molecule has 2 aliphatic heterocycles. The molecule has 136 valence electrons. The molecule has 2 heterocycles. The number of ether oxygens (including phenoxy) is 2. The van der Waals surface area contributed by atoms with Gasteiger partial charge in [-0.25, -0.2) is 0 Å². The molecule has 23 heavy (non-hydrogen) atoms. The van der Waals surface area contributed by atoms with E-state index in [1.54, 1.807) is 0 Å². The standard InChI is InChI=1S/C13H25NO9/c1-22-13-12(21)11(20)10(19)7(23-13)3-14-2-6(16)9(18)8(17)5(14)4-15/h5-13,15-21H,2-4H2,1H3/t5-,6+,7-,8-,9-,10-,11+,12-,13+/m1/s1. The van der Waals surface area contributed by atoms with Crippen LogP contribution in [-0.2, 0) is 9.47 Å². The molecule has 0 aromatic rings. The number of aliphatic hydroxyl groups is 7. The Morgan fingerprint density at radius 1 is 0.957 bits per heavy atom. The molecule has 10 heteroatoms. The number of β-amino-alcohol motifs (C(OH)–C–C–N with tert-alkyl or cyclic N) is 1. The van der Waals surface area contributed by atoms with E-state index in [1.807, 2.05) is 0 Å². The van der Waals surface area contributed by atoms with Crippen LogP contribution >= 0.6 is 0 Å².